The molecule has 3 nitrogen and oxygen atoms in total. The second kappa shape index (κ2) is 5.53. The molecule has 2 unspecified atom stereocenters. The number of carboxylic acids is 1. The largest absolute Gasteiger partial charge is 0.481 e. The molecule has 0 aromatic heterocycles. The number of aliphatic hydroxyl groups excluding tert-OH is 1. The van der Waals surface area contributed by atoms with Crippen molar-refractivity contribution in [1.82, 2.24) is 0 Å². The molecule has 2 N–H and O–H groups in total. The lowest BCUT2D eigenvalue weighted by atomic mass is 9.94. The number of halogens is 2. The number of carbonyl (C=O) groups is 1. The summed E-state index contributed by atoms with van der Waals surface area (Å²) >= 11 is 11.5. The van der Waals surface area contributed by atoms with Gasteiger partial charge in [-0.1, -0.05) is 36.2 Å². The van der Waals surface area contributed by atoms with Gasteiger partial charge in [0.1, 0.15) is 0 Å². The molecular formula is C11H12Cl2O3. The van der Waals surface area contributed by atoms with E-state index in [1.165, 1.54) is 12.1 Å². The highest BCUT2D eigenvalue weighted by molar-refractivity contribution is 6.42. The normalized spacial score (nSPS) is 14.5. The van der Waals surface area contributed by atoms with Gasteiger partial charge in [-0.15, -0.1) is 0 Å². The summed E-state index contributed by atoms with van der Waals surface area (Å²) in [7, 11) is 0. The standard InChI is InChI=1S/C11H12Cl2O3/c1-2-7(11(15)16)10(14)6-3-4-8(12)9(13)5-6/h3-5,7,10,14H,2H2,1H3,(H,15,16). The molecule has 0 aliphatic carbocycles. The van der Waals surface area contributed by atoms with Crippen LogP contribution in [-0.2, 0) is 4.79 Å². The highest BCUT2D eigenvalue weighted by Crippen LogP contribution is 2.30. The first-order valence-electron chi connectivity index (χ1n) is 4.83. The maximum atomic E-state index is 10.9. The number of rotatable bonds is 4. The molecule has 0 saturated carbocycles. The van der Waals surface area contributed by atoms with Crippen LogP contribution in [0.15, 0.2) is 18.2 Å². The van der Waals surface area contributed by atoms with Crippen molar-refractivity contribution in [3.63, 3.8) is 0 Å². The van der Waals surface area contributed by atoms with E-state index in [0.717, 1.165) is 0 Å². The smallest absolute Gasteiger partial charge is 0.309 e. The number of carboxylic acid groups (broad SMARTS) is 1. The topological polar surface area (TPSA) is 57.5 Å². The van der Waals surface area contributed by atoms with Gasteiger partial charge in [0.2, 0.25) is 0 Å². The lowest BCUT2D eigenvalue weighted by Gasteiger charge is -2.18. The van der Waals surface area contributed by atoms with E-state index in [0.29, 0.717) is 22.0 Å². The Kier molecular flexibility index (Phi) is 4.59. The molecule has 0 aliphatic heterocycles. The molecule has 1 aromatic rings. The van der Waals surface area contributed by atoms with Gasteiger partial charge in [0.05, 0.1) is 22.1 Å². The fourth-order valence-electron chi connectivity index (χ4n) is 1.46. The van der Waals surface area contributed by atoms with Crippen molar-refractivity contribution in [2.24, 2.45) is 5.92 Å². The zero-order valence-corrected chi connectivity index (χ0v) is 10.2. The summed E-state index contributed by atoms with van der Waals surface area (Å²) in [6.07, 6.45) is -0.728. The minimum Gasteiger partial charge on any atom is -0.481 e. The molecule has 0 aliphatic rings. The molecule has 1 aromatic carbocycles. The van der Waals surface area contributed by atoms with Crippen molar-refractivity contribution >= 4 is 29.2 Å². The maximum Gasteiger partial charge on any atom is 0.309 e. The van der Waals surface area contributed by atoms with Gasteiger partial charge in [0.25, 0.3) is 0 Å². The van der Waals surface area contributed by atoms with Gasteiger partial charge in [-0.2, -0.15) is 0 Å². The Morgan fingerprint density at radius 3 is 2.44 bits per heavy atom. The van der Waals surface area contributed by atoms with E-state index in [4.69, 9.17) is 28.3 Å². The molecule has 0 radical (unpaired) electrons. The molecule has 0 fully saturated rings. The highest BCUT2D eigenvalue weighted by atomic mass is 35.5. The van der Waals surface area contributed by atoms with Crippen LogP contribution in [0, 0.1) is 5.92 Å². The molecule has 0 saturated heterocycles. The molecule has 0 spiro atoms. The monoisotopic (exact) mass is 262 g/mol. The number of aliphatic carboxylic acids is 1. The molecule has 88 valence electrons. The van der Waals surface area contributed by atoms with Crippen LogP contribution in [0.1, 0.15) is 25.0 Å². The van der Waals surface area contributed by atoms with Crippen LogP contribution in [0.2, 0.25) is 10.0 Å². The third-order valence-electron chi connectivity index (χ3n) is 2.42. The highest BCUT2D eigenvalue weighted by Gasteiger charge is 2.26. The first kappa shape index (κ1) is 13.3. The molecule has 5 heteroatoms. The van der Waals surface area contributed by atoms with Crippen molar-refractivity contribution < 1.29 is 15.0 Å². The Morgan fingerprint density at radius 2 is 2.00 bits per heavy atom. The van der Waals surface area contributed by atoms with Crippen molar-refractivity contribution in [1.29, 1.82) is 0 Å². The summed E-state index contributed by atoms with van der Waals surface area (Å²) < 4.78 is 0. The van der Waals surface area contributed by atoms with Gasteiger partial charge in [0, 0.05) is 0 Å². The third kappa shape index (κ3) is 2.88. The number of benzene rings is 1. The first-order chi connectivity index (χ1) is 7.47. The minimum absolute atomic E-state index is 0.304. The SMILES string of the molecule is CCC(C(=O)O)C(O)c1ccc(Cl)c(Cl)c1. The summed E-state index contributed by atoms with van der Waals surface area (Å²) in [5, 5.41) is 19.5. The van der Waals surface area contributed by atoms with Gasteiger partial charge in [-0.05, 0) is 24.1 Å². The fraction of sp³-hybridized carbons (Fsp3) is 0.364. The van der Waals surface area contributed by atoms with E-state index >= 15 is 0 Å². The average Bonchev–Trinajstić information content (AvgIpc) is 2.22. The lowest BCUT2D eigenvalue weighted by molar-refractivity contribution is -0.146. The Bertz CT molecular complexity index is 393. The molecule has 0 heterocycles. The quantitative estimate of drug-likeness (QED) is 0.877. The van der Waals surface area contributed by atoms with E-state index in [2.05, 4.69) is 0 Å². The summed E-state index contributed by atoms with van der Waals surface area (Å²) in [5.41, 5.74) is 0.462. The van der Waals surface area contributed by atoms with Gasteiger partial charge in [0.15, 0.2) is 0 Å². The maximum absolute atomic E-state index is 10.9. The molecule has 1 rings (SSSR count). The molecule has 0 amide bonds. The predicted molar refractivity (Wildman–Crippen MR) is 62.8 cm³/mol. The Labute approximate surface area is 104 Å². The second-order valence-electron chi connectivity index (χ2n) is 3.47. The Hall–Kier alpha value is -0.770. The summed E-state index contributed by atoms with van der Waals surface area (Å²) in [6.45, 7) is 1.71. The molecule has 16 heavy (non-hydrogen) atoms. The molecule has 2 atom stereocenters. The molecule has 0 bridgehead atoms. The first-order valence-corrected chi connectivity index (χ1v) is 5.58. The molecular weight excluding hydrogens is 251 g/mol. The van der Waals surface area contributed by atoms with Crippen LogP contribution in [0.4, 0.5) is 0 Å². The minimum atomic E-state index is -1.07. The zero-order valence-electron chi connectivity index (χ0n) is 8.65. The zero-order chi connectivity index (χ0) is 12.3. The summed E-state index contributed by atoms with van der Waals surface area (Å²) in [5.74, 6) is -1.86. The van der Waals surface area contributed by atoms with Crippen molar-refractivity contribution in [2.45, 2.75) is 19.4 Å². The Morgan fingerprint density at radius 1 is 1.38 bits per heavy atom. The summed E-state index contributed by atoms with van der Waals surface area (Å²) in [6, 6.07) is 4.60. The van der Waals surface area contributed by atoms with Crippen molar-refractivity contribution in [2.75, 3.05) is 0 Å². The number of hydrogen-bond donors (Lipinski definition) is 2. The van der Waals surface area contributed by atoms with Gasteiger partial charge < -0.3 is 10.2 Å². The van der Waals surface area contributed by atoms with E-state index in [1.807, 2.05) is 0 Å². The lowest BCUT2D eigenvalue weighted by Crippen LogP contribution is -2.21. The van der Waals surface area contributed by atoms with Crippen molar-refractivity contribution in [3.05, 3.63) is 33.8 Å². The van der Waals surface area contributed by atoms with Crippen LogP contribution >= 0.6 is 23.2 Å². The van der Waals surface area contributed by atoms with E-state index in [9.17, 15) is 9.90 Å². The van der Waals surface area contributed by atoms with Gasteiger partial charge in [-0.25, -0.2) is 0 Å². The van der Waals surface area contributed by atoms with Gasteiger partial charge >= 0.3 is 5.97 Å². The van der Waals surface area contributed by atoms with Crippen LogP contribution in [0.25, 0.3) is 0 Å². The van der Waals surface area contributed by atoms with Crippen molar-refractivity contribution in [3.8, 4) is 0 Å². The van der Waals surface area contributed by atoms with Crippen LogP contribution < -0.4 is 0 Å². The second-order valence-corrected chi connectivity index (χ2v) is 4.29. The van der Waals surface area contributed by atoms with Crippen LogP contribution in [0.3, 0.4) is 0 Å². The predicted octanol–water partition coefficient (Wildman–Crippen LogP) is 3.14. The van der Waals surface area contributed by atoms with Gasteiger partial charge in [-0.3, -0.25) is 4.79 Å². The van der Waals surface area contributed by atoms with E-state index in [1.54, 1.807) is 13.0 Å². The van der Waals surface area contributed by atoms with Crippen LogP contribution in [0.5, 0.6) is 0 Å². The Balaban J connectivity index is 2.99. The van der Waals surface area contributed by atoms with E-state index in [-0.39, 0.29) is 0 Å². The number of aliphatic hydroxyl groups is 1. The number of hydrogen-bond acceptors (Lipinski definition) is 2. The fourth-order valence-corrected chi connectivity index (χ4v) is 1.77. The third-order valence-corrected chi connectivity index (χ3v) is 3.16. The van der Waals surface area contributed by atoms with Crippen LogP contribution in [-0.4, -0.2) is 16.2 Å². The summed E-state index contributed by atoms with van der Waals surface area (Å²) in [4.78, 5) is 10.9. The average molecular weight is 263 g/mol. The van der Waals surface area contributed by atoms with E-state index < -0.39 is 18.0 Å².